The molecule has 0 saturated carbocycles. The van der Waals surface area contributed by atoms with Crippen LogP contribution in [0.4, 0.5) is 10.1 Å². The number of amides is 1. The van der Waals surface area contributed by atoms with Crippen LogP contribution in [0.15, 0.2) is 42.5 Å². The molecule has 21 heavy (non-hydrogen) atoms. The maximum Gasteiger partial charge on any atom is 0.255 e. The largest absolute Gasteiger partial charge is 0.494 e. The van der Waals surface area contributed by atoms with Gasteiger partial charge in [-0.15, -0.1) is 0 Å². The number of hydrogen-bond donors (Lipinski definition) is 1. The summed E-state index contributed by atoms with van der Waals surface area (Å²) in [5.41, 5.74) is 0.777. The number of nitrogens with one attached hydrogen (secondary N) is 1. The summed E-state index contributed by atoms with van der Waals surface area (Å²) in [5, 5.41) is 11.5. The molecule has 0 fully saturated rings. The van der Waals surface area contributed by atoms with Crippen LogP contribution in [-0.4, -0.2) is 12.5 Å². The molecule has 4 nitrogen and oxygen atoms in total. The Labute approximate surface area is 121 Å². The fourth-order valence-electron chi connectivity index (χ4n) is 1.78. The second kappa shape index (κ2) is 6.53. The van der Waals surface area contributed by atoms with E-state index in [-0.39, 0.29) is 17.2 Å². The van der Waals surface area contributed by atoms with E-state index in [4.69, 9.17) is 10.00 Å². The first-order valence-corrected chi connectivity index (χ1v) is 6.38. The van der Waals surface area contributed by atoms with Crippen molar-refractivity contribution in [2.45, 2.75) is 6.92 Å². The number of halogens is 1. The summed E-state index contributed by atoms with van der Waals surface area (Å²) in [6.45, 7) is 2.42. The second-order valence-electron chi connectivity index (χ2n) is 4.21. The lowest BCUT2D eigenvalue weighted by molar-refractivity contribution is 0.102. The van der Waals surface area contributed by atoms with Gasteiger partial charge in [-0.05, 0) is 49.4 Å². The first kappa shape index (κ1) is 14.5. The van der Waals surface area contributed by atoms with Gasteiger partial charge in [-0.3, -0.25) is 4.79 Å². The maximum atomic E-state index is 13.0. The molecule has 2 aromatic carbocycles. The third-order valence-electron chi connectivity index (χ3n) is 2.78. The van der Waals surface area contributed by atoms with Crippen LogP contribution >= 0.6 is 0 Å². The summed E-state index contributed by atoms with van der Waals surface area (Å²) in [6, 6.07) is 12.1. The molecule has 106 valence electrons. The lowest BCUT2D eigenvalue weighted by atomic mass is 10.1. The molecule has 0 unspecified atom stereocenters. The quantitative estimate of drug-likeness (QED) is 0.936. The Kier molecular flexibility index (Phi) is 4.52. The highest BCUT2D eigenvalue weighted by Crippen LogP contribution is 2.18. The van der Waals surface area contributed by atoms with Crippen LogP contribution in [0.2, 0.25) is 0 Å². The van der Waals surface area contributed by atoms with Gasteiger partial charge in [0.05, 0.1) is 17.9 Å². The number of ether oxygens (including phenoxy) is 1. The van der Waals surface area contributed by atoms with Crippen molar-refractivity contribution in [3.63, 3.8) is 0 Å². The third-order valence-corrected chi connectivity index (χ3v) is 2.78. The second-order valence-corrected chi connectivity index (χ2v) is 4.21. The Morgan fingerprint density at radius 1 is 1.29 bits per heavy atom. The molecule has 5 heteroatoms. The van der Waals surface area contributed by atoms with E-state index in [9.17, 15) is 9.18 Å². The highest BCUT2D eigenvalue weighted by molar-refractivity contribution is 6.04. The molecule has 0 saturated heterocycles. The first-order chi connectivity index (χ1) is 10.1. The zero-order valence-corrected chi connectivity index (χ0v) is 11.4. The average molecular weight is 284 g/mol. The Balaban J connectivity index is 2.16. The standard InChI is InChI=1S/C16H13FN2O2/c1-2-21-14-6-3-11(4-7-14)16(20)19-15-8-5-13(17)9-12(15)10-18/h3-9H,2H2,1H3,(H,19,20). The normalized spacial score (nSPS) is 9.76. The number of rotatable bonds is 4. The molecule has 0 heterocycles. The molecule has 0 bridgehead atoms. The summed E-state index contributed by atoms with van der Waals surface area (Å²) >= 11 is 0. The zero-order chi connectivity index (χ0) is 15.2. The van der Waals surface area contributed by atoms with E-state index in [0.29, 0.717) is 17.9 Å². The van der Waals surface area contributed by atoms with Gasteiger partial charge in [0.1, 0.15) is 17.6 Å². The van der Waals surface area contributed by atoms with Gasteiger partial charge in [-0.25, -0.2) is 4.39 Å². The van der Waals surface area contributed by atoms with E-state index in [0.717, 1.165) is 6.07 Å². The highest BCUT2D eigenvalue weighted by Gasteiger charge is 2.10. The zero-order valence-electron chi connectivity index (χ0n) is 11.4. The molecule has 1 N–H and O–H groups in total. The molecule has 0 aromatic heterocycles. The van der Waals surface area contributed by atoms with Crippen LogP contribution in [0.3, 0.4) is 0 Å². The SMILES string of the molecule is CCOc1ccc(C(=O)Nc2ccc(F)cc2C#N)cc1. The Morgan fingerprint density at radius 3 is 2.62 bits per heavy atom. The minimum atomic E-state index is -0.523. The number of carbonyl (C=O) groups is 1. The van der Waals surface area contributed by atoms with E-state index in [1.165, 1.54) is 12.1 Å². The van der Waals surface area contributed by atoms with Crippen molar-refractivity contribution in [1.82, 2.24) is 0 Å². The van der Waals surface area contributed by atoms with Crippen molar-refractivity contribution in [1.29, 1.82) is 5.26 Å². The molecular formula is C16H13FN2O2. The van der Waals surface area contributed by atoms with E-state index in [1.807, 2.05) is 13.0 Å². The summed E-state index contributed by atoms with van der Waals surface area (Å²) in [7, 11) is 0. The molecular weight excluding hydrogens is 271 g/mol. The van der Waals surface area contributed by atoms with E-state index in [2.05, 4.69) is 5.32 Å². The summed E-state index contributed by atoms with van der Waals surface area (Å²) < 4.78 is 18.3. The van der Waals surface area contributed by atoms with Gasteiger partial charge in [0, 0.05) is 5.56 Å². The van der Waals surface area contributed by atoms with Crippen molar-refractivity contribution in [2.75, 3.05) is 11.9 Å². The topological polar surface area (TPSA) is 62.1 Å². The van der Waals surface area contributed by atoms with Crippen molar-refractivity contribution in [3.8, 4) is 11.8 Å². The predicted octanol–water partition coefficient (Wildman–Crippen LogP) is 3.35. The van der Waals surface area contributed by atoms with Gasteiger partial charge >= 0.3 is 0 Å². The number of hydrogen-bond acceptors (Lipinski definition) is 3. The van der Waals surface area contributed by atoms with Crippen LogP contribution in [0, 0.1) is 17.1 Å². The van der Waals surface area contributed by atoms with Gasteiger partial charge in [0.2, 0.25) is 0 Å². The van der Waals surface area contributed by atoms with E-state index < -0.39 is 5.82 Å². The monoisotopic (exact) mass is 284 g/mol. The third kappa shape index (κ3) is 3.57. The predicted molar refractivity (Wildman–Crippen MR) is 76.7 cm³/mol. The van der Waals surface area contributed by atoms with Crippen LogP contribution in [0.5, 0.6) is 5.75 Å². The maximum absolute atomic E-state index is 13.0. The van der Waals surface area contributed by atoms with Crippen LogP contribution in [-0.2, 0) is 0 Å². The Bertz CT molecular complexity index is 690. The summed E-state index contributed by atoms with van der Waals surface area (Å²) in [4.78, 5) is 12.1. The van der Waals surface area contributed by atoms with Crippen molar-refractivity contribution >= 4 is 11.6 Å². The number of benzene rings is 2. The molecule has 0 spiro atoms. The molecule has 2 aromatic rings. The van der Waals surface area contributed by atoms with Crippen molar-refractivity contribution < 1.29 is 13.9 Å². The number of carbonyl (C=O) groups excluding carboxylic acids is 1. The number of anilines is 1. The Morgan fingerprint density at radius 2 is 2.00 bits per heavy atom. The Hall–Kier alpha value is -2.87. The van der Waals surface area contributed by atoms with Crippen LogP contribution in [0.1, 0.15) is 22.8 Å². The minimum absolute atomic E-state index is 0.0780. The lowest BCUT2D eigenvalue weighted by Crippen LogP contribution is -2.12. The van der Waals surface area contributed by atoms with Gasteiger partial charge in [-0.2, -0.15) is 5.26 Å². The molecule has 0 radical (unpaired) electrons. The van der Waals surface area contributed by atoms with E-state index in [1.54, 1.807) is 24.3 Å². The molecule has 0 atom stereocenters. The van der Waals surface area contributed by atoms with Gasteiger partial charge in [0.15, 0.2) is 0 Å². The molecule has 0 aliphatic rings. The molecule has 0 aliphatic carbocycles. The highest BCUT2D eigenvalue weighted by atomic mass is 19.1. The summed E-state index contributed by atoms with van der Waals surface area (Å²) in [5.74, 6) is -0.222. The first-order valence-electron chi connectivity index (χ1n) is 6.38. The van der Waals surface area contributed by atoms with Gasteiger partial charge < -0.3 is 10.1 Å². The molecule has 1 amide bonds. The number of nitriles is 1. The minimum Gasteiger partial charge on any atom is -0.494 e. The van der Waals surface area contributed by atoms with Crippen molar-refractivity contribution in [3.05, 3.63) is 59.4 Å². The van der Waals surface area contributed by atoms with Crippen LogP contribution < -0.4 is 10.1 Å². The fraction of sp³-hybridized carbons (Fsp3) is 0.125. The van der Waals surface area contributed by atoms with Gasteiger partial charge in [0.25, 0.3) is 5.91 Å². The average Bonchev–Trinajstić information content (AvgIpc) is 2.50. The molecule has 0 aliphatic heterocycles. The van der Waals surface area contributed by atoms with Crippen LogP contribution in [0.25, 0.3) is 0 Å². The summed E-state index contributed by atoms with van der Waals surface area (Å²) in [6.07, 6.45) is 0. The molecule has 2 rings (SSSR count). The van der Waals surface area contributed by atoms with Gasteiger partial charge in [-0.1, -0.05) is 0 Å². The van der Waals surface area contributed by atoms with E-state index >= 15 is 0 Å². The lowest BCUT2D eigenvalue weighted by Gasteiger charge is -2.08. The number of nitrogens with zero attached hydrogens (tertiary/aromatic N) is 1. The smallest absolute Gasteiger partial charge is 0.255 e. The van der Waals surface area contributed by atoms with Crippen molar-refractivity contribution in [2.24, 2.45) is 0 Å². The fourth-order valence-corrected chi connectivity index (χ4v) is 1.78.